The van der Waals surface area contributed by atoms with Crippen LogP contribution in [0.4, 0.5) is 0 Å². The summed E-state index contributed by atoms with van der Waals surface area (Å²) in [6.45, 7) is 4.36. The minimum Gasteiger partial charge on any atom is -0.497 e. The van der Waals surface area contributed by atoms with Gasteiger partial charge in [0.25, 0.3) is 0 Å². The monoisotopic (exact) mass is 399 g/mol. The summed E-state index contributed by atoms with van der Waals surface area (Å²) >= 11 is 1.89. The van der Waals surface area contributed by atoms with E-state index in [0.717, 1.165) is 48.7 Å². The second-order valence-corrected chi connectivity index (χ2v) is 8.16. The second-order valence-electron chi connectivity index (χ2n) is 7.06. The van der Waals surface area contributed by atoms with Crippen LogP contribution in [0.5, 0.6) is 11.5 Å². The van der Waals surface area contributed by atoms with Crippen LogP contribution in [0, 0.1) is 5.92 Å². The molecule has 0 radical (unpaired) electrons. The number of amides is 1. The van der Waals surface area contributed by atoms with Crippen molar-refractivity contribution in [1.82, 2.24) is 4.90 Å². The summed E-state index contributed by atoms with van der Waals surface area (Å²) in [5.74, 6) is 3.75. The fraction of sp³-hybridized carbons (Fsp3) is 0.435. The SMILES string of the molecule is CCOc1ccc(CC(=O)N2CCC(CSc3ccc(OC)cc3)CC2)cc1. The van der Waals surface area contributed by atoms with Crippen LogP contribution < -0.4 is 9.47 Å². The first-order chi connectivity index (χ1) is 13.7. The van der Waals surface area contributed by atoms with Crippen molar-refractivity contribution in [2.45, 2.75) is 31.1 Å². The molecule has 0 unspecified atom stereocenters. The van der Waals surface area contributed by atoms with Crippen molar-refractivity contribution >= 4 is 17.7 Å². The normalized spacial score (nSPS) is 14.7. The standard InChI is InChI=1S/C23H29NO3S/c1-3-27-21-6-4-18(5-7-21)16-23(25)24-14-12-19(13-15-24)17-28-22-10-8-20(26-2)9-11-22/h4-11,19H,3,12-17H2,1-2H3. The second kappa shape index (κ2) is 10.4. The molecule has 0 aromatic heterocycles. The Kier molecular flexibility index (Phi) is 7.66. The molecule has 0 atom stereocenters. The van der Waals surface area contributed by atoms with Gasteiger partial charge in [0.15, 0.2) is 0 Å². The summed E-state index contributed by atoms with van der Waals surface area (Å²) in [5, 5.41) is 0. The lowest BCUT2D eigenvalue weighted by atomic mass is 9.98. The molecule has 5 heteroatoms. The Labute approximate surface area is 172 Å². The summed E-state index contributed by atoms with van der Waals surface area (Å²) in [6, 6.07) is 16.1. The Bertz CT molecular complexity index is 737. The molecule has 0 aliphatic carbocycles. The van der Waals surface area contributed by atoms with E-state index in [4.69, 9.17) is 9.47 Å². The van der Waals surface area contributed by atoms with Crippen LogP contribution in [0.25, 0.3) is 0 Å². The molecule has 3 rings (SSSR count). The van der Waals surface area contributed by atoms with Crippen LogP contribution in [0.1, 0.15) is 25.3 Å². The highest BCUT2D eigenvalue weighted by molar-refractivity contribution is 7.99. The van der Waals surface area contributed by atoms with Crippen molar-refractivity contribution in [2.75, 3.05) is 32.6 Å². The van der Waals surface area contributed by atoms with E-state index in [1.54, 1.807) is 7.11 Å². The fourth-order valence-corrected chi connectivity index (χ4v) is 4.48. The Morgan fingerprint density at radius 3 is 2.29 bits per heavy atom. The van der Waals surface area contributed by atoms with Gasteiger partial charge in [-0.1, -0.05) is 12.1 Å². The molecule has 0 saturated carbocycles. The van der Waals surface area contributed by atoms with E-state index in [-0.39, 0.29) is 5.91 Å². The first kappa shape index (κ1) is 20.6. The summed E-state index contributed by atoms with van der Waals surface area (Å²) < 4.78 is 10.7. The Balaban J connectivity index is 1.40. The average Bonchev–Trinajstić information content (AvgIpc) is 2.74. The highest BCUT2D eigenvalue weighted by Gasteiger charge is 2.23. The van der Waals surface area contributed by atoms with E-state index in [0.29, 0.717) is 18.9 Å². The van der Waals surface area contributed by atoms with Gasteiger partial charge in [0, 0.05) is 23.7 Å². The molecule has 1 heterocycles. The third-order valence-electron chi connectivity index (χ3n) is 5.10. The zero-order chi connectivity index (χ0) is 19.8. The topological polar surface area (TPSA) is 38.8 Å². The molecular formula is C23H29NO3S. The van der Waals surface area contributed by atoms with Gasteiger partial charge >= 0.3 is 0 Å². The number of hydrogen-bond acceptors (Lipinski definition) is 4. The van der Waals surface area contributed by atoms with E-state index in [1.807, 2.05) is 60.0 Å². The quantitative estimate of drug-likeness (QED) is 0.605. The largest absolute Gasteiger partial charge is 0.497 e. The number of carbonyl (C=O) groups is 1. The molecule has 1 saturated heterocycles. The van der Waals surface area contributed by atoms with Gasteiger partial charge in [0.1, 0.15) is 11.5 Å². The minimum absolute atomic E-state index is 0.227. The maximum Gasteiger partial charge on any atom is 0.226 e. The van der Waals surface area contributed by atoms with E-state index >= 15 is 0 Å². The summed E-state index contributed by atoms with van der Waals surface area (Å²) in [7, 11) is 1.69. The molecule has 0 N–H and O–H groups in total. The number of carbonyl (C=O) groups excluding carboxylic acids is 1. The van der Waals surface area contributed by atoms with Crippen molar-refractivity contribution in [3.63, 3.8) is 0 Å². The lowest BCUT2D eigenvalue weighted by molar-refractivity contribution is -0.131. The summed E-state index contributed by atoms with van der Waals surface area (Å²) in [6.07, 6.45) is 2.63. The van der Waals surface area contributed by atoms with Gasteiger partial charge in [-0.05, 0) is 67.6 Å². The molecule has 1 amide bonds. The number of thioether (sulfide) groups is 1. The molecule has 150 valence electrons. The van der Waals surface area contributed by atoms with Crippen molar-refractivity contribution in [3.8, 4) is 11.5 Å². The minimum atomic E-state index is 0.227. The van der Waals surface area contributed by atoms with Crippen molar-refractivity contribution < 1.29 is 14.3 Å². The smallest absolute Gasteiger partial charge is 0.226 e. The Hall–Kier alpha value is -2.14. The molecule has 1 fully saturated rings. The molecule has 0 bridgehead atoms. The molecule has 4 nitrogen and oxygen atoms in total. The average molecular weight is 400 g/mol. The lowest BCUT2D eigenvalue weighted by Gasteiger charge is -2.32. The van der Waals surface area contributed by atoms with Gasteiger partial charge < -0.3 is 14.4 Å². The molecule has 2 aromatic carbocycles. The number of methoxy groups -OCH3 is 1. The third kappa shape index (κ3) is 5.93. The molecule has 1 aliphatic heterocycles. The van der Waals surface area contributed by atoms with Crippen molar-refractivity contribution in [3.05, 3.63) is 54.1 Å². The molecule has 0 spiro atoms. The van der Waals surface area contributed by atoms with Crippen LogP contribution in [-0.2, 0) is 11.2 Å². The third-order valence-corrected chi connectivity index (χ3v) is 6.35. The maximum absolute atomic E-state index is 12.6. The number of benzene rings is 2. The zero-order valence-electron chi connectivity index (χ0n) is 16.7. The van der Waals surface area contributed by atoms with Crippen LogP contribution in [0.15, 0.2) is 53.4 Å². The summed E-state index contributed by atoms with van der Waals surface area (Å²) in [4.78, 5) is 15.9. The Morgan fingerprint density at radius 1 is 1.04 bits per heavy atom. The molecule has 28 heavy (non-hydrogen) atoms. The molecule has 2 aromatic rings. The number of nitrogens with zero attached hydrogens (tertiary/aromatic N) is 1. The maximum atomic E-state index is 12.6. The Morgan fingerprint density at radius 2 is 1.68 bits per heavy atom. The van der Waals surface area contributed by atoms with Gasteiger partial charge in [0.05, 0.1) is 20.1 Å². The predicted molar refractivity (Wildman–Crippen MR) is 114 cm³/mol. The van der Waals surface area contributed by atoms with Crippen LogP contribution >= 0.6 is 11.8 Å². The van der Waals surface area contributed by atoms with E-state index < -0.39 is 0 Å². The van der Waals surface area contributed by atoms with Crippen LogP contribution in [-0.4, -0.2) is 43.4 Å². The predicted octanol–water partition coefficient (Wildman–Crippen LogP) is 4.67. The van der Waals surface area contributed by atoms with E-state index in [2.05, 4.69) is 12.1 Å². The number of rotatable bonds is 8. The molecular weight excluding hydrogens is 370 g/mol. The highest BCUT2D eigenvalue weighted by atomic mass is 32.2. The first-order valence-electron chi connectivity index (χ1n) is 9.94. The van der Waals surface area contributed by atoms with Gasteiger partial charge in [-0.15, -0.1) is 11.8 Å². The van der Waals surface area contributed by atoms with E-state index in [1.165, 1.54) is 4.90 Å². The van der Waals surface area contributed by atoms with Gasteiger partial charge in [0.2, 0.25) is 5.91 Å². The number of likely N-dealkylation sites (tertiary alicyclic amines) is 1. The van der Waals surface area contributed by atoms with Gasteiger partial charge in [-0.2, -0.15) is 0 Å². The zero-order valence-corrected chi connectivity index (χ0v) is 17.5. The van der Waals surface area contributed by atoms with Crippen LogP contribution in [0.3, 0.4) is 0 Å². The highest BCUT2D eigenvalue weighted by Crippen LogP contribution is 2.28. The fourth-order valence-electron chi connectivity index (χ4n) is 3.39. The van der Waals surface area contributed by atoms with Crippen molar-refractivity contribution in [2.24, 2.45) is 5.92 Å². The van der Waals surface area contributed by atoms with E-state index in [9.17, 15) is 4.79 Å². The van der Waals surface area contributed by atoms with Gasteiger partial charge in [-0.25, -0.2) is 0 Å². The lowest BCUT2D eigenvalue weighted by Crippen LogP contribution is -2.39. The number of piperidine rings is 1. The number of hydrogen-bond donors (Lipinski definition) is 0. The first-order valence-corrected chi connectivity index (χ1v) is 10.9. The summed E-state index contributed by atoms with van der Waals surface area (Å²) in [5.41, 5.74) is 1.05. The molecule has 1 aliphatic rings. The van der Waals surface area contributed by atoms with Gasteiger partial charge in [-0.3, -0.25) is 4.79 Å². The van der Waals surface area contributed by atoms with Crippen molar-refractivity contribution in [1.29, 1.82) is 0 Å². The number of ether oxygens (including phenoxy) is 2. The van der Waals surface area contributed by atoms with Crippen LogP contribution in [0.2, 0.25) is 0 Å².